The van der Waals surface area contributed by atoms with Crippen molar-refractivity contribution in [2.24, 2.45) is 0 Å². The molecule has 0 unspecified atom stereocenters. The second kappa shape index (κ2) is 9.61. The number of carbonyl (C=O) groups excluding carboxylic acids is 3. The highest BCUT2D eigenvalue weighted by molar-refractivity contribution is 7.12. The Bertz CT molecular complexity index is 1020. The number of thiophene rings is 1. The molecule has 2 amide bonds. The van der Waals surface area contributed by atoms with Crippen LogP contribution in [0.25, 0.3) is 0 Å². The molecule has 0 saturated heterocycles. The van der Waals surface area contributed by atoms with E-state index in [9.17, 15) is 18.8 Å². The van der Waals surface area contributed by atoms with Gasteiger partial charge in [-0.3, -0.25) is 9.59 Å². The van der Waals surface area contributed by atoms with Gasteiger partial charge in [-0.05, 0) is 35.7 Å². The van der Waals surface area contributed by atoms with Crippen LogP contribution in [0.1, 0.15) is 25.6 Å². The molecular weight excluding hydrogens is 395 g/mol. The van der Waals surface area contributed by atoms with E-state index in [-0.39, 0.29) is 18.0 Å². The standard InChI is InChI=1S/C21H17FN2O4S/c22-17-8-2-1-5-15(17)12-23-19(25)13-28-21(27)14-6-3-7-16(11-14)24-20(26)18-9-4-10-29-18/h1-11H,12-13H2,(H,23,25)(H,24,26). The van der Waals surface area contributed by atoms with Crippen molar-refractivity contribution in [2.45, 2.75) is 6.54 Å². The second-order valence-electron chi connectivity index (χ2n) is 5.96. The molecule has 0 atom stereocenters. The number of hydrogen-bond donors (Lipinski definition) is 2. The molecule has 29 heavy (non-hydrogen) atoms. The Labute approximate surface area is 170 Å². The summed E-state index contributed by atoms with van der Waals surface area (Å²) in [7, 11) is 0. The van der Waals surface area contributed by atoms with Crippen molar-refractivity contribution in [3.63, 3.8) is 0 Å². The van der Waals surface area contributed by atoms with Crippen molar-refractivity contribution in [1.29, 1.82) is 0 Å². The first-order valence-corrected chi connectivity index (χ1v) is 9.53. The van der Waals surface area contributed by atoms with Crippen LogP contribution in [0.5, 0.6) is 0 Å². The lowest BCUT2D eigenvalue weighted by atomic mass is 10.2. The largest absolute Gasteiger partial charge is 0.452 e. The predicted octanol–water partition coefficient (Wildman–Crippen LogP) is 3.61. The zero-order valence-electron chi connectivity index (χ0n) is 15.2. The van der Waals surface area contributed by atoms with E-state index in [1.807, 2.05) is 0 Å². The number of carbonyl (C=O) groups is 3. The molecule has 3 rings (SSSR count). The number of ether oxygens (including phenoxy) is 1. The third-order valence-corrected chi connectivity index (χ3v) is 4.74. The highest BCUT2D eigenvalue weighted by Gasteiger charge is 2.13. The van der Waals surface area contributed by atoms with Crippen LogP contribution in [0.15, 0.2) is 66.0 Å². The van der Waals surface area contributed by atoms with Crippen LogP contribution < -0.4 is 10.6 Å². The van der Waals surface area contributed by atoms with Crippen molar-refractivity contribution in [2.75, 3.05) is 11.9 Å². The molecule has 0 aliphatic carbocycles. The number of anilines is 1. The van der Waals surface area contributed by atoms with E-state index in [0.717, 1.165) is 0 Å². The van der Waals surface area contributed by atoms with Gasteiger partial charge >= 0.3 is 5.97 Å². The number of hydrogen-bond acceptors (Lipinski definition) is 5. The Morgan fingerprint density at radius 1 is 1.00 bits per heavy atom. The molecule has 2 N–H and O–H groups in total. The molecule has 1 heterocycles. The zero-order valence-corrected chi connectivity index (χ0v) is 16.0. The van der Waals surface area contributed by atoms with Gasteiger partial charge in [-0.2, -0.15) is 0 Å². The predicted molar refractivity (Wildman–Crippen MR) is 107 cm³/mol. The minimum atomic E-state index is -0.710. The van der Waals surface area contributed by atoms with E-state index < -0.39 is 24.3 Å². The minimum Gasteiger partial charge on any atom is -0.452 e. The number of amides is 2. The molecule has 0 aliphatic rings. The molecule has 2 aromatic carbocycles. The van der Waals surface area contributed by atoms with E-state index in [4.69, 9.17) is 4.74 Å². The molecule has 0 aliphatic heterocycles. The molecule has 0 radical (unpaired) electrons. The Kier molecular flexibility index (Phi) is 6.70. The Hall–Kier alpha value is -3.52. The van der Waals surface area contributed by atoms with E-state index in [1.54, 1.807) is 47.8 Å². The fourth-order valence-electron chi connectivity index (χ4n) is 2.43. The monoisotopic (exact) mass is 412 g/mol. The number of rotatable bonds is 7. The van der Waals surface area contributed by atoms with E-state index in [2.05, 4.69) is 10.6 Å². The molecule has 6 nitrogen and oxygen atoms in total. The molecule has 3 aromatic rings. The summed E-state index contributed by atoms with van der Waals surface area (Å²) >= 11 is 1.30. The van der Waals surface area contributed by atoms with Crippen LogP contribution in [0, 0.1) is 5.82 Å². The molecular formula is C21H17FN2O4S. The highest BCUT2D eigenvalue weighted by Crippen LogP contribution is 2.15. The average molecular weight is 412 g/mol. The molecule has 0 saturated carbocycles. The lowest BCUT2D eigenvalue weighted by molar-refractivity contribution is -0.124. The van der Waals surface area contributed by atoms with Gasteiger partial charge in [0, 0.05) is 17.8 Å². The van der Waals surface area contributed by atoms with Crippen molar-refractivity contribution in [3.8, 4) is 0 Å². The topological polar surface area (TPSA) is 84.5 Å². The number of halogens is 1. The summed E-state index contributed by atoms with van der Waals surface area (Å²) in [6, 6.07) is 15.7. The quantitative estimate of drug-likeness (QED) is 0.581. The van der Waals surface area contributed by atoms with Crippen LogP contribution in [0.4, 0.5) is 10.1 Å². The Morgan fingerprint density at radius 2 is 1.83 bits per heavy atom. The van der Waals surface area contributed by atoms with Crippen molar-refractivity contribution < 1.29 is 23.5 Å². The maximum atomic E-state index is 13.5. The summed E-state index contributed by atoms with van der Waals surface area (Å²) in [5.74, 6) is -1.97. The summed E-state index contributed by atoms with van der Waals surface area (Å²) in [5.41, 5.74) is 0.957. The molecule has 8 heteroatoms. The normalized spacial score (nSPS) is 10.2. The van der Waals surface area contributed by atoms with Crippen LogP contribution in [-0.4, -0.2) is 24.4 Å². The number of esters is 1. The smallest absolute Gasteiger partial charge is 0.338 e. The van der Waals surface area contributed by atoms with Gasteiger partial charge < -0.3 is 15.4 Å². The Morgan fingerprint density at radius 3 is 2.59 bits per heavy atom. The molecule has 0 bridgehead atoms. The zero-order chi connectivity index (χ0) is 20.6. The summed E-state index contributed by atoms with van der Waals surface area (Å²) in [6.07, 6.45) is 0. The minimum absolute atomic E-state index is 0.00665. The van der Waals surface area contributed by atoms with Gasteiger partial charge in [-0.25, -0.2) is 9.18 Å². The van der Waals surface area contributed by atoms with E-state index in [1.165, 1.54) is 29.5 Å². The first kappa shape index (κ1) is 20.2. The molecule has 0 fully saturated rings. The van der Waals surface area contributed by atoms with E-state index in [0.29, 0.717) is 16.1 Å². The molecule has 0 spiro atoms. The van der Waals surface area contributed by atoms with Crippen molar-refractivity contribution in [3.05, 3.63) is 87.9 Å². The maximum absolute atomic E-state index is 13.5. The second-order valence-corrected chi connectivity index (χ2v) is 6.90. The summed E-state index contributed by atoms with van der Waals surface area (Å²) in [4.78, 5) is 36.6. The van der Waals surface area contributed by atoms with Gasteiger partial charge in [0.15, 0.2) is 6.61 Å². The highest BCUT2D eigenvalue weighted by atomic mass is 32.1. The van der Waals surface area contributed by atoms with Crippen molar-refractivity contribution >= 4 is 34.8 Å². The fourth-order valence-corrected chi connectivity index (χ4v) is 3.04. The summed E-state index contributed by atoms with van der Waals surface area (Å²) in [5, 5.41) is 6.98. The average Bonchev–Trinajstić information content (AvgIpc) is 3.27. The maximum Gasteiger partial charge on any atom is 0.338 e. The van der Waals surface area contributed by atoms with Gasteiger partial charge in [0.05, 0.1) is 10.4 Å². The summed E-state index contributed by atoms with van der Waals surface area (Å²) in [6.45, 7) is -0.508. The van der Waals surface area contributed by atoms with Crippen LogP contribution in [0.2, 0.25) is 0 Å². The van der Waals surface area contributed by atoms with Crippen LogP contribution >= 0.6 is 11.3 Å². The van der Waals surface area contributed by atoms with Gasteiger partial charge in [-0.1, -0.05) is 30.3 Å². The number of nitrogens with one attached hydrogen (secondary N) is 2. The summed E-state index contributed by atoms with van der Waals surface area (Å²) < 4.78 is 18.5. The van der Waals surface area contributed by atoms with E-state index >= 15 is 0 Å². The number of benzene rings is 2. The van der Waals surface area contributed by atoms with Crippen LogP contribution in [-0.2, 0) is 16.1 Å². The molecule has 148 valence electrons. The van der Waals surface area contributed by atoms with Gasteiger partial charge in [0.2, 0.25) is 0 Å². The fraction of sp³-hybridized carbons (Fsp3) is 0.0952. The third kappa shape index (κ3) is 5.73. The van der Waals surface area contributed by atoms with Crippen LogP contribution in [0.3, 0.4) is 0 Å². The molecule has 1 aromatic heterocycles. The first-order chi connectivity index (χ1) is 14.0. The third-order valence-electron chi connectivity index (χ3n) is 3.87. The SMILES string of the molecule is O=C(COC(=O)c1cccc(NC(=O)c2cccs2)c1)NCc1ccccc1F. The lowest BCUT2D eigenvalue weighted by Crippen LogP contribution is -2.28. The first-order valence-electron chi connectivity index (χ1n) is 8.65. The van der Waals surface area contributed by atoms with Gasteiger partial charge in [0.1, 0.15) is 5.82 Å². The van der Waals surface area contributed by atoms with Crippen molar-refractivity contribution in [1.82, 2.24) is 5.32 Å². The van der Waals surface area contributed by atoms with Gasteiger partial charge in [-0.15, -0.1) is 11.3 Å². The Balaban J connectivity index is 1.50. The van der Waals surface area contributed by atoms with Gasteiger partial charge in [0.25, 0.3) is 11.8 Å². The lowest BCUT2D eigenvalue weighted by Gasteiger charge is -2.09.